The van der Waals surface area contributed by atoms with Crippen LogP contribution in [0, 0.1) is 5.92 Å². The van der Waals surface area contributed by atoms with E-state index in [-0.39, 0.29) is 12.5 Å². The average molecular weight is 279 g/mol. The highest BCUT2D eigenvalue weighted by Crippen LogP contribution is 2.14. The van der Waals surface area contributed by atoms with Crippen LogP contribution in [-0.2, 0) is 11.3 Å². The van der Waals surface area contributed by atoms with Crippen molar-refractivity contribution in [3.05, 3.63) is 24.0 Å². The van der Waals surface area contributed by atoms with Crippen LogP contribution in [-0.4, -0.2) is 52.6 Å². The molecular weight excluding hydrogens is 258 g/mol. The number of amides is 1. The third kappa shape index (κ3) is 3.60. The summed E-state index contributed by atoms with van der Waals surface area (Å²) in [6, 6.07) is 3.33. The van der Waals surface area contributed by atoms with E-state index >= 15 is 0 Å². The summed E-state index contributed by atoms with van der Waals surface area (Å²) in [5.41, 5.74) is 0.401. The van der Waals surface area contributed by atoms with Crippen LogP contribution in [0.2, 0.25) is 0 Å². The fraction of sp³-hybridized carbons (Fsp3) is 0.571. The van der Waals surface area contributed by atoms with Gasteiger partial charge < -0.3 is 19.9 Å². The van der Waals surface area contributed by atoms with Gasteiger partial charge in [-0.3, -0.25) is 9.59 Å². The highest BCUT2D eigenvalue weighted by atomic mass is 16.4. The first-order valence-electron chi connectivity index (χ1n) is 6.97. The Labute approximate surface area is 118 Å². The number of carbonyl (C=O) groups excluding carboxylic acids is 1. The largest absolute Gasteiger partial charge is 0.480 e. The summed E-state index contributed by atoms with van der Waals surface area (Å²) >= 11 is 0. The molecular formula is C14H21N3O3. The zero-order valence-corrected chi connectivity index (χ0v) is 11.7. The van der Waals surface area contributed by atoms with E-state index in [4.69, 9.17) is 5.11 Å². The standard InChI is InChI=1S/C14H21N3O3/c1-2-16-7-5-11(9-16)8-15-14(20)12-4-3-6-17(12)10-13(18)19/h3-4,6,11H,2,5,7-10H2,1H3,(H,15,20)(H,18,19). The Morgan fingerprint density at radius 3 is 2.95 bits per heavy atom. The number of carbonyl (C=O) groups is 2. The number of carboxylic acids is 1. The zero-order chi connectivity index (χ0) is 14.5. The Morgan fingerprint density at radius 1 is 1.50 bits per heavy atom. The summed E-state index contributed by atoms with van der Waals surface area (Å²) in [4.78, 5) is 25.2. The first-order valence-corrected chi connectivity index (χ1v) is 6.97. The van der Waals surface area contributed by atoms with Gasteiger partial charge in [0.05, 0.1) is 0 Å². The van der Waals surface area contributed by atoms with Crippen molar-refractivity contribution < 1.29 is 14.7 Å². The molecule has 0 saturated carbocycles. The van der Waals surface area contributed by atoms with Gasteiger partial charge in [-0.25, -0.2) is 0 Å². The summed E-state index contributed by atoms with van der Waals surface area (Å²) in [5, 5.41) is 11.7. The maximum absolute atomic E-state index is 12.1. The first kappa shape index (κ1) is 14.6. The summed E-state index contributed by atoms with van der Waals surface area (Å²) < 4.78 is 1.45. The Kier molecular flexibility index (Phi) is 4.79. The van der Waals surface area contributed by atoms with Gasteiger partial charge in [-0.05, 0) is 37.6 Å². The monoisotopic (exact) mass is 279 g/mol. The molecule has 0 radical (unpaired) electrons. The quantitative estimate of drug-likeness (QED) is 0.801. The first-order chi connectivity index (χ1) is 9.60. The van der Waals surface area contributed by atoms with Crippen LogP contribution in [0.15, 0.2) is 18.3 Å². The molecule has 1 atom stereocenters. The maximum atomic E-state index is 12.1. The third-order valence-electron chi connectivity index (χ3n) is 3.74. The van der Waals surface area contributed by atoms with Gasteiger partial charge >= 0.3 is 5.97 Å². The maximum Gasteiger partial charge on any atom is 0.323 e. The molecule has 1 fully saturated rings. The molecule has 1 unspecified atom stereocenters. The minimum Gasteiger partial charge on any atom is -0.480 e. The molecule has 6 nitrogen and oxygen atoms in total. The molecule has 1 amide bonds. The summed E-state index contributed by atoms with van der Waals surface area (Å²) in [6.07, 6.45) is 2.71. The number of aromatic nitrogens is 1. The molecule has 2 N–H and O–H groups in total. The van der Waals surface area contributed by atoms with E-state index in [2.05, 4.69) is 17.1 Å². The summed E-state index contributed by atoms with van der Waals surface area (Å²) in [5.74, 6) is -0.669. The number of carboxylic acid groups (broad SMARTS) is 1. The van der Waals surface area contributed by atoms with Crippen LogP contribution in [0.5, 0.6) is 0 Å². The SMILES string of the molecule is CCN1CCC(CNC(=O)c2cccn2CC(=O)O)C1. The number of nitrogens with zero attached hydrogens (tertiary/aromatic N) is 2. The molecule has 1 aliphatic heterocycles. The molecule has 110 valence electrons. The van der Waals surface area contributed by atoms with E-state index in [1.165, 1.54) is 4.57 Å². The summed E-state index contributed by atoms with van der Waals surface area (Å²) in [6.45, 7) is 5.75. The van der Waals surface area contributed by atoms with Crippen molar-refractivity contribution in [2.75, 3.05) is 26.2 Å². The number of hydrogen-bond donors (Lipinski definition) is 2. The van der Waals surface area contributed by atoms with E-state index < -0.39 is 5.97 Å². The van der Waals surface area contributed by atoms with Crippen molar-refractivity contribution in [2.24, 2.45) is 5.92 Å². The minimum absolute atomic E-state index is 0.192. The second-order valence-electron chi connectivity index (χ2n) is 5.17. The van der Waals surface area contributed by atoms with E-state index in [1.807, 2.05) is 0 Å². The predicted molar refractivity (Wildman–Crippen MR) is 74.6 cm³/mol. The lowest BCUT2D eigenvalue weighted by Crippen LogP contribution is -2.32. The molecule has 0 bridgehead atoms. The molecule has 20 heavy (non-hydrogen) atoms. The molecule has 1 aromatic rings. The van der Waals surface area contributed by atoms with Crippen molar-refractivity contribution in [3.63, 3.8) is 0 Å². The lowest BCUT2D eigenvalue weighted by Gasteiger charge is -2.14. The van der Waals surface area contributed by atoms with Crippen molar-refractivity contribution >= 4 is 11.9 Å². The Hall–Kier alpha value is -1.82. The minimum atomic E-state index is -0.954. The normalized spacial score (nSPS) is 19.1. The molecule has 0 spiro atoms. The molecule has 0 aromatic carbocycles. The molecule has 0 aliphatic carbocycles. The lowest BCUT2D eigenvalue weighted by molar-refractivity contribution is -0.137. The Balaban J connectivity index is 1.86. The predicted octanol–water partition coefficient (Wildman–Crippen LogP) is 0.644. The molecule has 1 aliphatic rings. The van der Waals surface area contributed by atoms with Gasteiger partial charge in [0.25, 0.3) is 5.91 Å². The number of hydrogen-bond acceptors (Lipinski definition) is 3. The van der Waals surface area contributed by atoms with Crippen LogP contribution in [0.1, 0.15) is 23.8 Å². The van der Waals surface area contributed by atoms with Crippen LogP contribution in [0.25, 0.3) is 0 Å². The molecule has 2 heterocycles. The van der Waals surface area contributed by atoms with Gasteiger partial charge in [0, 0.05) is 19.3 Å². The van der Waals surface area contributed by atoms with Crippen LogP contribution < -0.4 is 5.32 Å². The van der Waals surface area contributed by atoms with E-state index in [1.54, 1.807) is 18.3 Å². The van der Waals surface area contributed by atoms with Gasteiger partial charge in [0.1, 0.15) is 12.2 Å². The topological polar surface area (TPSA) is 74.6 Å². The molecule has 2 rings (SSSR count). The van der Waals surface area contributed by atoms with Crippen molar-refractivity contribution in [1.82, 2.24) is 14.8 Å². The zero-order valence-electron chi connectivity index (χ0n) is 11.7. The smallest absolute Gasteiger partial charge is 0.323 e. The molecule has 1 aromatic heterocycles. The number of likely N-dealkylation sites (tertiary alicyclic amines) is 1. The molecule has 1 saturated heterocycles. The average Bonchev–Trinajstić information content (AvgIpc) is 3.04. The van der Waals surface area contributed by atoms with E-state index in [0.717, 1.165) is 26.1 Å². The molecule has 6 heteroatoms. The van der Waals surface area contributed by atoms with Gasteiger partial charge in [-0.1, -0.05) is 6.92 Å². The lowest BCUT2D eigenvalue weighted by atomic mass is 10.1. The van der Waals surface area contributed by atoms with Crippen molar-refractivity contribution in [1.29, 1.82) is 0 Å². The second-order valence-corrected chi connectivity index (χ2v) is 5.17. The highest BCUT2D eigenvalue weighted by Gasteiger charge is 2.22. The van der Waals surface area contributed by atoms with Gasteiger partial charge in [-0.15, -0.1) is 0 Å². The van der Waals surface area contributed by atoms with Gasteiger partial charge in [0.2, 0.25) is 0 Å². The highest BCUT2D eigenvalue weighted by molar-refractivity contribution is 5.93. The number of nitrogens with one attached hydrogen (secondary N) is 1. The Morgan fingerprint density at radius 2 is 2.30 bits per heavy atom. The fourth-order valence-electron chi connectivity index (χ4n) is 2.60. The van der Waals surface area contributed by atoms with Crippen molar-refractivity contribution in [3.8, 4) is 0 Å². The van der Waals surface area contributed by atoms with E-state index in [9.17, 15) is 9.59 Å². The van der Waals surface area contributed by atoms with Crippen LogP contribution in [0.4, 0.5) is 0 Å². The Bertz CT molecular complexity index is 484. The second kappa shape index (κ2) is 6.56. The van der Waals surface area contributed by atoms with Gasteiger partial charge in [0.15, 0.2) is 0 Å². The van der Waals surface area contributed by atoms with Crippen molar-refractivity contribution in [2.45, 2.75) is 19.9 Å². The number of aliphatic carboxylic acids is 1. The summed E-state index contributed by atoms with van der Waals surface area (Å²) in [7, 11) is 0. The van der Waals surface area contributed by atoms with Crippen LogP contribution in [0.3, 0.4) is 0 Å². The fourth-order valence-corrected chi connectivity index (χ4v) is 2.60. The van der Waals surface area contributed by atoms with E-state index in [0.29, 0.717) is 18.2 Å². The van der Waals surface area contributed by atoms with Crippen LogP contribution >= 0.6 is 0 Å². The number of rotatable bonds is 6. The van der Waals surface area contributed by atoms with Gasteiger partial charge in [-0.2, -0.15) is 0 Å². The third-order valence-corrected chi connectivity index (χ3v) is 3.74.